The third-order valence-electron chi connectivity index (χ3n) is 3.73. The van der Waals surface area contributed by atoms with Crippen LogP contribution < -0.4 is 4.74 Å². The van der Waals surface area contributed by atoms with Gasteiger partial charge in [0, 0.05) is 18.7 Å². The molecule has 3 rings (SSSR count). The van der Waals surface area contributed by atoms with Gasteiger partial charge in [0.05, 0.1) is 16.2 Å². The van der Waals surface area contributed by atoms with Gasteiger partial charge in [-0.15, -0.1) is 0 Å². The zero-order valence-electron chi connectivity index (χ0n) is 13.9. The molecule has 0 bridgehead atoms. The number of hydrogen-bond acceptors (Lipinski definition) is 4. The molecule has 26 heavy (non-hydrogen) atoms. The fraction of sp³-hybridized carbons (Fsp3) is 0.158. The number of allylic oxidation sites excluding steroid dienone is 4. The first-order valence-corrected chi connectivity index (χ1v) is 8.62. The van der Waals surface area contributed by atoms with E-state index in [2.05, 4.69) is 6.08 Å². The summed E-state index contributed by atoms with van der Waals surface area (Å²) in [5.41, 5.74) is 1.27. The molecular weight excluding hydrogens is 377 g/mol. The first kappa shape index (κ1) is 18.3. The van der Waals surface area contributed by atoms with Crippen molar-refractivity contribution < 1.29 is 19.1 Å². The van der Waals surface area contributed by atoms with Gasteiger partial charge in [0.1, 0.15) is 12.0 Å². The summed E-state index contributed by atoms with van der Waals surface area (Å²) in [7, 11) is 0. The van der Waals surface area contributed by atoms with Gasteiger partial charge in [-0.25, -0.2) is 0 Å². The Morgan fingerprint density at radius 2 is 1.96 bits per heavy atom. The van der Waals surface area contributed by atoms with E-state index in [4.69, 9.17) is 32.7 Å². The van der Waals surface area contributed by atoms with E-state index < -0.39 is 5.97 Å². The summed E-state index contributed by atoms with van der Waals surface area (Å²) in [6.07, 6.45) is 12.3. The van der Waals surface area contributed by atoms with Crippen LogP contribution in [0.3, 0.4) is 0 Å². The molecule has 0 saturated carbocycles. The monoisotopic (exact) mass is 391 g/mol. The minimum atomic E-state index is -0.550. The van der Waals surface area contributed by atoms with Gasteiger partial charge in [0.15, 0.2) is 5.75 Å². The van der Waals surface area contributed by atoms with Crippen LogP contribution >= 0.6 is 23.2 Å². The van der Waals surface area contributed by atoms with Gasteiger partial charge in [-0.3, -0.25) is 14.5 Å². The zero-order chi connectivity index (χ0) is 18.7. The summed E-state index contributed by atoms with van der Waals surface area (Å²) in [5, 5.41) is 0.162. The molecule has 0 N–H and O–H groups in total. The average molecular weight is 392 g/mol. The number of hydrogen-bond donors (Lipinski definition) is 0. The van der Waals surface area contributed by atoms with Crippen LogP contribution in [0.4, 0.5) is 0 Å². The van der Waals surface area contributed by atoms with Crippen LogP contribution in [0.25, 0.3) is 0 Å². The second kappa shape index (κ2) is 7.81. The molecule has 0 saturated heterocycles. The minimum Gasteiger partial charge on any atom is -0.462 e. The fourth-order valence-corrected chi connectivity index (χ4v) is 3.10. The second-order valence-corrected chi connectivity index (χ2v) is 6.44. The van der Waals surface area contributed by atoms with Gasteiger partial charge >= 0.3 is 5.97 Å². The Morgan fingerprint density at radius 1 is 1.23 bits per heavy atom. The minimum absolute atomic E-state index is 0.0327. The lowest BCUT2D eigenvalue weighted by atomic mass is 10.0. The van der Waals surface area contributed by atoms with E-state index in [0.717, 1.165) is 18.4 Å². The van der Waals surface area contributed by atoms with Crippen molar-refractivity contribution in [2.45, 2.75) is 19.8 Å². The smallest absolute Gasteiger partial charge is 0.308 e. The highest BCUT2D eigenvalue weighted by molar-refractivity contribution is 6.38. The molecule has 1 aromatic carbocycles. The Kier molecular flexibility index (Phi) is 5.49. The predicted octanol–water partition coefficient (Wildman–Crippen LogP) is 4.98. The van der Waals surface area contributed by atoms with Crippen molar-refractivity contribution in [3.05, 3.63) is 76.0 Å². The molecule has 0 spiro atoms. The highest BCUT2D eigenvalue weighted by Crippen LogP contribution is 2.35. The summed E-state index contributed by atoms with van der Waals surface area (Å²) in [6.45, 7) is 1.24. The van der Waals surface area contributed by atoms with E-state index in [1.807, 2.05) is 12.2 Å². The Bertz CT molecular complexity index is 861. The molecule has 0 atom stereocenters. The fourth-order valence-electron chi connectivity index (χ4n) is 2.54. The van der Waals surface area contributed by atoms with Crippen molar-refractivity contribution in [2.75, 3.05) is 0 Å². The largest absolute Gasteiger partial charge is 0.462 e. The SMILES string of the molecule is CC(=O)Oc1c(Cl)cc(C(=O)N2C=COC(C3=CC=CCC3)=C2)cc1Cl. The third-order valence-corrected chi connectivity index (χ3v) is 4.29. The highest BCUT2D eigenvalue weighted by atomic mass is 35.5. The average Bonchev–Trinajstić information content (AvgIpc) is 2.64. The molecule has 1 aliphatic heterocycles. The Hall–Kier alpha value is -2.50. The van der Waals surface area contributed by atoms with Crippen molar-refractivity contribution in [2.24, 2.45) is 0 Å². The lowest BCUT2D eigenvalue weighted by Gasteiger charge is -2.22. The summed E-state index contributed by atoms with van der Waals surface area (Å²) >= 11 is 12.2. The van der Waals surface area contributed by atoms with E-state index in [9.17, 15) is 9.59 Å². The summed E-state index contributed by atoms with van der Waals surface area (Å²) in [6, 6.07) is 2.82. The van der Waals surface area contributed by atoms with Crippen LogP contribution in [0.5, 0.6) is 5.75 Å². The Balaban J connectivity index is 1.87. The van der Waals surface area contributed by atoms with E-state index in [1.165, 1.54) is 36.4 Å². The van der Waals surface area contributed by atoms with Crippen LogP contribution in [-0.4, -0.2) is 16.8 Å². The lowest BCUT2D eigenvalue weighted by molar-refractivity contribution is -0.131. The number of rotatable bonds is 3. The zero-order valence-corrected chi connectivity index (χ0v) is 15.4. The van der Waals surface area contributed by atoms with Gasteiger partial charge in [-0.05, 0) is 30.5 Å². The standard InChI is InChI=1S/C19H15Cl2NO4/c1-12(23)26-18-15(20)9-14(10-16(18)21)19(24)22-7-8-25-17(11-22)13-5-3-2-4-6-13/h2-3,5,7-11H,4,6H2,1H3. The highest BCUT2D eigenvalue weighted by Gasteiger charge is 2.21. The normalized spacial score (nSPS) is 15.9. The van der Waals surface area contributed by atoms with Gasteiger partial charge < -0.3 is 9.47 Å². The summed E-state index contributed by atoms with van der Waals surface area (Å²) < 4.78 is 10.5. The number of benzene rings is 1. The number of ether oxygens (including phenoxy) is 2. The number of nitrogens with zero attached hydrogens (tertiary/aromatic N) is 1. The molecule has 134 valence electrons. The van der Waals surface area contributed by atoms with Gasteiger partial charge in [0.25, 0.3) is 5.91 Å². The molecule has 1 amide bonds. The van der Waals surface area contributed by atoms with Crippen molar-refractivity contribution in [3.63, 3.8) is 0 Å². The first-order chi connectivity index (χ1) is 12.5. The molecular formula is C19H15Cl2NO4. The lowest BCUT2D eigenvalue weighted by Crippen LogP contribution is -2.23. The summed E-state index contributed by atoms with van der Waals surface area (Å²) in [4.78, 5) is 25.3. The number of carbonyl (C=O) groups is 2. The van der Waals surface area contributed by atoms with Crippen molar-refractivity contribution in [1.29, 1.82) is 0 Å². The molecule has 2 aliphatic rings. The number of amides is 1. The maximum atomic E-state index is 12.8. The topological polar surface area (TPSA) is 55.8 Å². The predicted molar refractivity (Wildman–Crippen MR) is 98.7 cm³/mol. The molecule has 5 nitrogen and oxygen atoms in total. The first-order valence-electron chi connectivity index (χ1n) is 7.87. The molecule has 1 heterocycles. The Morgan fingerprint density at radius 3 is 2.58 bits per heavy atom. The van der Waals surface area contributed by atoms with Crippen LogP contribution in [-0.2, 0) is 9.53 Å². The van der Waals surface area contributed by atoms with Crippen molar-refractivity contribution >= 4 is 35.1 Å². The number of halogens is 2. The van der Waals surface area contributed by atoms with E-state index in [-0.39, 0.29) is 27.3 Å². The maximum Gasteiger partial charge on any atom is 0.308 e. The van der Waals surface area contributed by atoms with Gasteiger partial charge in [-0.2, -0.15) is 0 Å². The second-order valence-electron chi connectivity index (χ2n) is 5.63. The third kappa shape index (κ3) is 4.00. The molecule has 1 aromatic rings. The Labute approximate surface area is 160 Å². The maximum absolute atomic E-state index is 12.8. The van der Waals surface area contributed by atoms with Crippen LogP contribution in [0.1, 0.15) is 30.1 Å². The molecule has 7 heteroatoms. The number of carbonyl (C=O) groups excluding carboxylic acids is 2. The van der Waals surface area contributed by atoms with Crippen molar-refractivity contribution in [1.82, 2.24) is 4.90 Å². The van der Waals surface area contributed by atoms with Crippen LogP contribution in [0, 0.1) is 0 Å². The molecule has 0 aromatic heterocycles. The van der Waals surface area contributed by atoms with Gasteiger partial charge in [0.2, 0.25) is 0 Å². The van der Waals surface area contributed by atoms with Gasteiger partial charge in [-0.1, -0.05) is 41.4 Å². The van der Waals surface area contributed by atoms with E-state index >= 15 is 0 Å². The molecule has 0 radical (unpaired) electrons. The molecule has 0 unspecified atom stereocenters. The molecule has 1 aliphatic carbocycles. The van der Waals surface area contributed by atoms with E-state index in [0.29, 0.717) is 5.76 Å². The van der Waals surface area contributed by atoms with E-state index in [1.54, 1.807) is 6.20 Å². The quantitative estimate of drug-likeness (QED) is 0.538. The number of esters is 1. The molecule has 0 fully saturated rings. The van der Waals surface area contributed by atoms with Crippen LogP contribution in [0.15, 0.2) is 60.4 Å². The summed E-state index contributed by atoms with van der Waals surface area (Å²) in [5.74, 6) is -0.247. The van der Waals surface area contributed by atoms with Crippen molar-refractivity contribution in [3.8, 4) is 5.75 Å². The van der Waals surface area contributed by atoms with Crippen LogP contribution in [0.2, 0.25) is 10.0 Å².